The van der Waals surface area contributed by atoms with Crippen molar-refractivity contribution in [1.29, 1.82) is 0 Å². The van der Waals surface area contributed by atoms with E-state index in [0.29, 0.717) is 12.0 Å². The third-order valence-electron chi connectivity index (χ3n) is 9.44. The second kappa shape index (κ2) is 8.64. The highest BCUT2D eigenvalue weighted by Gasteiger charge is 2.72. The molecule has 1 fully saturated rings. The van der Waals surface area contributed by atoms with Crippen molar-refractivity contribution in [2.45, 2.75) is 93.6 Å². The fourth-order valence-electron chi connectivity index (χ4n) is 8.05. The van der Waals surface area contributed by atoms with Crippen LogP contribution in [0.3, 0.4) is 0 Å². The van der Waals surface area contributed by atoms with Gasteiger partial charge in [-0.05, 0) is 74.0 Å². The lowest BCUT2D eigenvalue weighted by atomic mass is 9.42. The Bertz CT molecular complexity index is 1320. The molecule has 0 aromatic heterocycles. The van der Waals surface area contributed by atoms with Crippen LogP contribution in [0.4, 0.5) is 0 Å². The maximum atomic E-state index is 14.3. The number of carbonyl (C=O) groups excluding carboxylic acids is 3. The maximum absolute atomic E-state index is 14.3. The van der Waals surface area contributed by atoms with Gasteiger partial charge in [0, 0.05) is 16.4 Å². The van der Waals surface area contributed by atoms with Crippen LogP contribution in [0.5, 0.6) is 5.75 Å². The Hall–Kier alpha value is -2.73. The molecule has 4 atom stereocenters. The molecule has 0 bridgehead atoms. The Morgan fingerprint density at radius 1 is 1.11 bits per heavy atom. The molecule has 6 nitrogen and oxygen atoms in total. The van der Waals surface area contributed by atoms with Crippen molar-refractivity contribution in [3.8, 4) is 5.75 Å². The SMILES string of the molecule is CC(=O)C1=C(C)[C@@H](C(C)C)[C@]2(C)C[C@]3(C)Cc4c(CCC(C)(C)C)ccc(O)c4C(O)=C3C(=O)[C@]2(O)C1=O. The molecular weight excluding hydrogens is 480 g/mol. The van der Waals surface area contributed by atoms with Gasteiger partial charge in [0.25, 0.3) is 0 Å². The summed E-state index contributed by atoms with van der Waals surface area (Å²) in [6, 6.07) is 3.42. The number of rotatable bonds is 4. The number of ketones is 3. The molecule has 206 valence electrons. The molecule has 0 amide bonds. The quantitative estimate of drug-likeness (QED) is 0.347. The number of hydrogen-bond acceptors (Lipinski definition) is 6. The summed E-state index contributed by atoms with van der Waals surface area (Å²) in [5.74, 6) is -3.22. The zero-order valence-corrected chi connectivity index (χ0v) is 24.2. The van der Waals surface area contributed by atoms with Gasteiger partial charge >= 0.3 is 0 Å². The number of allylic oxidation sites excluding steroid dienone is 1. The maximum Gasteiger partial charge on any atom is 0.206 e. The highest BCUT2D eigenvalue weighted by atomic mass is 16.3. The lowest BCUT2D eigenvalue weighted by molar-refractivity contribution is -0.180. The predicted octanol–water partition coefficient (Wildman–Crippen LogP) is 5.67. The Morgan fingerprint density at radius 3 is 2.24 bits per heavy atom. The van der Waals surface area contributed by atoms with Gasteiger partial charge in [0.1, 0.15) is 11.5 Å². The average Bonchev–Trinajstić information content (AvgIpc) is 2.74. The Balaban J connectivity index is 1.99. The Labute approximate surface area is 225 Å². The molecule has 0 aliphatic heterocycles. The Kier molecular flexibility index (Phi) is 6.43. The van der Waals surface area contributed by atoms with Gasteiger partial charge in [-0.1, -0.05) is 60.1 Å². The second-order valence-electron chi connectivity index (χ2n) is 13.9. The third kappa shape index (κ3) is 3.74. The molecule has 0 spiro atoms. The lowest BCUT2D eigenvalue weighted by Crippen LogP contribution is -2.70. The summed E-state index contributed by atoms with van der Waals surface area (Å²) in [5, 5.41) is 34.6. The van der Waals surface area contributed by atoms with E-state index in [4.69, 9.17) is 0 Å². The lowest BCUT2D eigenvalue weighted by Gasteiger charge is -2.60. The van der Waals surface area contributed by atoms with Gasteiger partial charge in [0.05, 0.1) is 11.1 Å². The number of benzene rings is 1. The van der Waals surface area contributed by atoms with E-state index < -0.39 is 39.7 Å². The van der Waals surface area contributed by atoms with Crippen LogP contribution in [0.15, 0.2) is 28.9 Å². The van der Waals surface area contributed by atoms with Crippen molar-refractivity contribution in [1.82, 2.24) is 0 Å². The number of aryl methyl sites for hydroxylation is 1. The molecule has 38 heavy (non-hydrogen) atoms. The minimum Gasteiger partial charge on any atom is -0.507 e. The minimum atomic E-state index is -2.50. The molecule has 4 rings (SSSR count). The number of fused-ring (bicyclic) bond motifs is 3. The van der Waals surface area contributed by atoms with Gasteiger partial charge in [-0.15, -0.1) is 0 Å². The van der Waals surface area contributed by atoms with E-state index in [-0.39, 0.29) is 46.0 Å². The second-order valence-corrected chi connectivity index (χ2v) is 13.9. The molecule has 3 aliphatic carbocycles. The third-order valence-corrected chi connectivity index (χ3v) is 9.44. The standard InChI is InChI=1S/C32H42O6/c1-16(2)24-17(3)22(18(4)33)27(36)32(38)28(37)25-26(35)23-20(14-30(25,8)15-31(24,32)9)19(10-11-21(23)34)12-13-29(5,6)7/h10-11,16,24,34-35,38H,12-15H2,1-9H3/t24-,30+,31+,32-/m1/s1. The summed E-state index contributed by atoms with van der Waals surface area (Å²) < 4.78 is 0. The van der Waals surface area contributed by atoms with Gasteiger partial charge in [0.2, 0.25) is 11.6 Å². The van der Waals surface area contributed by atoms with Crippen molar-refractivity contribution in [2.75, 3.05) is 0 Å². The molecule has 0 saturated heterocycles. The van der Waals surface area contributed by atoms with E-state index in [1.165, 1.54) is 13.0 Å². The molecule has 1 aromatic rings. The van der Waals surface area contributed by atoms with Crippen molar-refractivity contribution >= 4 is 23.1 Å². The molecule has 0 heterocycles. The number of hydrogen-bond donors (Lipinski definition) is 3. The van der Waals surface area contributed by atoms with E-state index in [1.807, 2.05) is 26.8 Å². The molecule has 0 unspecified atom stereocenters. The van der Waals surface area contributed by atoms with Crippen molar-refractivity contribution in [3.63, 3.8) is 0 Å². The summed E-state index contributed by atoms with van der Waals surface area (Å²) in [6.45, 7) is 17.2. The Morgan fingerprint density at radius 2 is 1.71 bits per heavy atom. The van der Waals surface area contributed by atoms with Gasteiger partial charge in [-0.25, -0.2) is 0 Å². The normalized spacial score (nSPS) is 31.4. The van der Waals surface area contributed by atoms with E-state index in [9.17, 15) is 29.7 Å². The van der Waals surface area contributed by atoms with Crippen LogP contribution in [0.1, 0.15) is 91.8 Å². The first-order valence-electron chi connectivity index (χ1n) is 13.6. The first kappa shape index (κ1) is 28.3. The minimum absolute atomic E-state index is 0.0356. The van der Waals surface area contributed by atoms with E-state index in [0.717, 1.165) is 24.0 Å². The number of aliphatic hydroxyl groups is 2. The van der Waals surface area contributed by atoms with Crippen LogP contribution in [-0.2, 0) is 27.2 Å². The number of carbonyl (C=O) groups is 3. The molecule has 3 aliphatic rings. The van der Waals surface area contributed by atoms with Gasteiger partial charge in [-0.2, -0.15) is 0 Å². The monoisotopic (exact) mass is 522 g/mol. The van der Waals surface area contributed by atoms with Crippen LogP contribution in [-0.4, -0.2) is 38.3 Å². The fraction of sp³-hybridized carbons (Fsp3) is 0.594. The van der Waals surface area contributed by atoms with Gasteiger partial charge in [0.15, 0.2) is 11.4 Å². The molecule has 0 radical (unpaired) electrons. The fourth-order valence-corrected chi connectivity index (χ4v) is 8.05. The molecular formula is C32H42O6. The topological polar surface area (TPSA) is 112 Å². The van der Waals surface area contributed by atoms with Crippen LogP contribution < -0.4 is 0 Å². The van der Waals surface area contributed by atoms with Crippen molar-refractivity contribution in [3.05, 3.63) is 45.5 Å². The molecule has 1 aromatic carbocycles. The first-order valence-corrected chi connectivity index (χ1v) is 13.6. The van der Waals surface area contributed by atoms with Crippen LogP contribution in [0.2, 0.25) is 0 Å². The summed E-state index contributed by atoms with van der Waals surface area (Å²) in [5.41, 5.74) is -2.03. The summed E-state index contributed by atoms with van der Waals surface area (Å²) in [7, 11) is 0. The van der Waals surface area contributed by atoms with E-state index in [1.54, 1.807) is 13.8 Å². The summed E-state index contributed by atoms with van der Waals surface area (Å²) >= 11 is 0. The number of aliphatic hydroxyl groups excluding tert-OH is 1. The van der Waals surface area contributed by atoms with E-state index in [2.05, 4.69) is 20.8 Å². The predicted molar refractivity (Wildman–Crippen MR) is 147 cm³/mol. The van der Waals surface area contributed by atoms with Crippen LogP contribution in [0.25, 0.3) is 5.76 Å². The van der Waals surface area contributed by atoms with E-state index >= 15 is 0 Å². The highest BCUT2D eigenvalue weighted by Crippen LogP contribution is 2.65. The van der Waals surface area contributed by atoms with Crippen LogP contribution in [0, 0.1) is 28.1 Å². The number of phenols is 1. The molecule has 1 saturated carbocycles. The number of phenolic OH excluding ortho intramolecular Hbond substituents is 1. The van der Waals surface area contributed by atoms with Gasteiger partial charge < -0.3 is 15.3 Å². The average molecular weight is 523 g/mol. The smallest absolute Gasteiger partial charge is 0.206 e. The van der Waals surface area contributed by atoms with Crippen molar-refractivity contribution < 1.29 is 29.7 Å². The number of aromatic hydroxyl groups is 1. The first-order chi connectivity index (χ1) is 17.3. The zero-order valence-electron chi connectivity index (χ0n) is 24.2. The van der Waals surface area contributed by atoms with Crippen LogP contribution >= 0.6 is 0 Å². The highest BCUT2D eigenvalue weighted by molar-refractivity contribution is 6.33. The molecule has 6 heteroatoms. The van der Waals surface area contributed by atoms with Crippen molar-refractivity contribution in [2.24, 2.45) is 28.1 Å². The zero-order chi connectivity index (χ0) is 28.7. The summed E-state index contributed by atoms with van der Waals surface area (Å²) in [6.07, 6.45) is 2.29. The number of Topliss-reactive ketones (excluding diaryl/α,β-unsaturated/α-hetero) is 3. The summed E-state index contributed by atoms with van der Waals surface area (Å²) in [4.78, 5) is 40.8. The largest absolute Gasteiger partial charge is 0.507 e. The molecule has 3 N–H and O–H groups in total. The van der Waals surface area contributed by atoms with Gasteiger partial charge in [-0.3, -0.25) is 14.4 Å².